The Morgan fingerprint density at radius 1 is 0.969 bits per heavy atom. The number of hydrogen-bond donors (Lipinski definition) is 3. The lowest BCUT2D eigenvalue weighted by molar-refractivity contribution is -0.117. The van der Waals surface area contributed by atoms with Crippen LogP contribution in [0, 0.1) is 5.82 Å². The largest absolute Gasteiger partial charge is 0.324 e. The van der Waals surface area contributed by atoms with Gasteiger partial charge in [0, 0.05) is 22.6 Å². The lowest BCUT2D eigenvalue weighted by Gasteiger charge is -2.12. The average Bonchev–Trinajstić information content (AvgIpc) is 3.06. The number of nitrogens with one attached hydrogen (secondary N) is 3. The first-order valence-corrected chi connectivity index (χ1v) is 10.00. The van der Waals surface area contributed by atoms with Crippen LogP contribution in [0.25, 0.3) is 11.0 Å². The zero-order chi connectivity index (χ0) is 21.5. The second kappa shape index (κ2) is 8.43. The number of amides is 1. The Balaban J connectivity index is 0.00000245. The van der Waals surface area contributed by atoms with Crippen LogP contribution in [0.5, 0.6) is 0 Å². The minimum absolute atomic E-state index is 0. The molecule has 0 fully saturated rings. The van der Waals surface area contributed by atoms with Gasteiger partial charge < -0.3 is 15.3 Å². The van der Waals surface area contributed by atoms with Gasteiger partial charge in [-0.05, 0) is 42.0 Å². The van der Waals surface area contributed by atoms with Crippen molar-refractivity contribution in [1.29, 1.82) is 0 Å². The molecule has 4 aromatic rings. The number of anilines is 1. The summed E-state index contributed by atoms with van der Waals surface area (Å²) in [7, 11) is 0. The van der Waals surface area contributed by atoms with Gasteiger partial charge in [0.1, 0.15) is 11.9 Å². The molecule has 32 heavy (non-hydrogen) atoms. The molecule has 1 aromatic heterocycles. The number of hydrogen-bond acceptors (Lipinski definition) is 3. The molecule has 0 bridgehead atoms. The Kier molecular flexibility index (Phi) is 5.67. The van der Waals surface area contributed by atoms with Crippen LogP contribution in [-0.2, 0) is 11.2 Å². The number of benzene rings is 3. The van der Waals surface area contributed by atoms with E-state index in [9.17, 15) is 14.0 Å². The van der Waals surface area contributed by atoms with Crippen molar-refractivity contribution in [2.75, 3.05) is 5.32 Å². The molecule has 1 amide bonds. The molecule has 3 N–H and O–H groups in total. The van der Waals surface area contributed by atoms with Crippen LogP contribution in [0.2, 0.25) is 5.02 Å². The standard InChI is InChI=1S/C23H16ClFN4O2.CH4/c24-14-6-8-17-15(11-14)21(13-5-7-18-19(10-13)29-23(31)28-18)26-20(22(30)27-17)9-12-3-1-2-4-16(12)25;/h1-8,10-11,20H,9H2,(H,27,30)(H2,28,29,31);1H4. The van der Waals surface area contributed by atoms with Crippen molar-refractivity contribution in [2.45, 2.75) is 19.9 Å². The van der Waals surface area contributed by atoms with Gasteiger partial charge in [-0.25, -0.2) is 9.18 Å². The Morgan fingerprint density at radius 3 is 2.56 bits per heavy atom. The highest BCUT2D eigenvalue weighted by atomic mass is 35.5. The average molecular weight is 451 g/mol. The molecular weight excluding hydrogens is 431 g/mol. The maximum absolute atomic E-state index is 14.3. The SMILES string of the molecule is C.O=C1Nc2ccc(Cl)cc2C(c2ccc3[nH]c(=O)[nH]c3c2)=NC1Cc1ccccc1F. The lowest BCUT2D eigenvalue weighted by atomic mass is 10.00. The quantitative estimate of drug-likeness (QED) is 0.423. The number of aromatic nitrogens is 2. The molecule has 1 aliphatic rings. The number of halogens is 2. The van der Waals surface area contributed by atoms with Crippen molar-refractivity contribution >= 4 is 39.9 Å². The van der Waals surface area contributed by atoms with E-state index in [2.05, 4.69) is 15.3 Å². The van der Waals surface area contributed by atoms with E-state index < -0.39 is 6.04 Å². The van der Waals surface area contributed by atoms with Crippen molar-refractivity contribution in [3.05, 3.63) is 98.7 Å². The Labute approximate surface area is 188 Å². The van der Waals surface area contributed by atoms with Gasteiger partial charge in [-0.2, -0.15) is 0 Å². The van der Waals surface area contributed by atoms with Crippen molar-refractivity contribution < 1.29 is 9.18 Å². The fraction of sp³-hybridized carbons (Fsp3) is 0.125. The molecule has 162 valence electrons. The Morgan fingerprint density at radius 2 is 1.75 bits per heavy atom. The number of fused-ring (bicyclic) bond motifs is 2. The number of carbonyl (C=O) groups is 1. The van der Waals surface area contributed by atoms with E-state index in [4.69, 9.17) is 16.6 Å². The minimum Gasteiger partial charge on any atom is -0.324 e. The molecule has 6 nitrogen and oxygen atoms in total. The number of rotatable bonds is 3. The maximum Gasteiger partial charge on any atom is 0.323 e. The number of aromatic amines is 2. The molecular formula is C24H20ClFN4O2. The normalized spacial score (nSPS) is 15.4. The first-order valence-electron chi connectivity index (χ1n) is 9.62. The predicted molar refractivity (Wildman–Crippen MR) is 125 cm³/mol. The molecule has 0 spiro atoms. The highest BCUT2D eigenvalue weighted by Crippen LogP contribution is 2.29. The fourth-order valence-electron chi connectivity index (χ4n) is 3.74. The summed E-state index contributed by atoms with van der Waals surface area (Å²) in [5.74, 6) is -0.721. The zero-order valence-electron chi connectivity index (χ0n) is 16.1. The monoisotopic (exact) mass is 450 g/mol. The van der Waals surface area contributed by atoms with E-state index in [1.165, 1.54) is 6.07 Å². The van der Waals surface area contributed by atoms with Crippen molar-refractivity contribution in [3.63, 3.8) is 0 Å². The summed E-state index contributed by atoms with van der Waals surface area (Å²) in [6.45, 7) is 0. The summed E-state index contributed by atoms with van der Waals surface area (Å²) in [6.07, 6.45) is 0.104. The second-order valence-electron chi connectivity index (χ2n) is 7.31. The Bertz CT molecular complexity index is 1420. The van der Waals surface area contributed by atoms with Gasteiger partial charge in [0.15, 0.2) is 0 Å². The van der Waals surface area contributed by atoms with Gasteiger partial charge >= 0.3 is 5.69 Å². The van der Waals surface area contributed by atoms with E-state index in [0.717, 1.165) is 0 Å². The molecule has 1 aliphatic heterocycles. The third-order valence-electron chi connectivity index (χ3n) is 5.24. The first kappa shape index (κ1) is 21.5. The van der Waals surface area contributed by atoms with Crippen LogP contribution in [0.1, 0.15) is 24.1 Å². The minimum atomic E-state index is -0.848. The van der Waals surface area contributed by atoms with Crippen LogP contribution < -0.4 is 11.0 Å². The van der Waals surface area contributed by atoms with Crippen LogP contribution in [-0.4, -0.2) is 27.6 Å². The Hall–Kier alpha value is -3.71. The molecule has 0 saturated heterocycles. The molecule has 0 aliphatic carbocycles. The smallest absolute Gasteiger partial charge is 0.323 e. The number of nitrogens with zero attached hydrogens (tertiary/aromatic N) is 1. The summed E-state index contributed by atoms with van der Waals surface area (Å²) in [4.78, 5) is 34.8. The van der Waals surface area contributed by atoms with Gasteiger partial charge in [-0.3, -0.25) is 9.79 Å². The number of imidazole rings is 1. The van der Waals surface area contributed by atoms with Crippen LogP contribution in [0.15, 0.2) is 70.5 Å². The van der Waals surface area contributed by atoms with E-state index in [0.29, 0.717) is 44.1 Å². The number of benzodiazepines with no additional fused rings is 1. The van der Waals surface area contributed by atoms with Crippen molar-refractivity contribution in [3.8, 4) is 0 Å². The molecule has 5 rings (SSSR count). The van der Waals surface area contributed by atoms with E-state index in [1.807, 2.05) is 6.07 Å². The van der Waals surface area contributed by atoms with Gasteiger partial charge in [0.05, 0.1) is 22.4 Å². The zero-order valence-corrected chi connectivity index (χ0v) is 16.8. The fourth-order valence-corrected chi connectivity index (χ4v) is 3.91. The third-order valence-corrected chi connectivity index (χ3v) is 5.48. The number of H-pyrrole nitrogens is 2. The molecule has 8 heteroatoms. The van der Waals surface area contributed by atoms with Gasteiger partial charge in [0.2, 0.25) is 5.91 Å². The molecule has 2 heterocycles. The molecule has 0 saturated carbocycles. The van der Waals surface area contributed by atoms with Crippen LogP contribution in [0.4, 0.5) is 10.1 Å². The third kappa shape index (κ3) is 3.94. The number of carbonyl (C=O) groups excluding carboxylic acids is 1. The van der Waals surface area contributed by atoms with Crippen LogP contribution in [0.3, 0.4) is 0 Å². The van der Waals surface area contributed by atoms with E-state index >= 15 is 0 Å². The lowest BCUT2D eigenvalue weighted by Crippen LogP contribution is -2.28. The first-order chi connectivity index (χ1) is 15.0. The summed E-state index contributed by atoms with van der Waals surface area (Å²) >= 11 is 6.23. The van der Waals surface area contributed by atoms with E-state index in [1.54, 1.807) is 48.5 Å². The van der Waals surface area contributed by atoms with E-state index in [-0.39, 0.29) is 31.3 Å². The van der Waals surface area contributed by atoms with Crippen LogP contribution >= 0.6 is 11.6 Å². The summed E-state index contributed by atoms with van der Waals surface area (Å²) in [5.41, 5.74) is 3.80. The molecule has 1 unspecified atom stereocenters. The summed E-state index contributed by atoms with van der Waals surface area (Å²) in [6, 6.07) is 16.0. The molecule has 1 atom stereocenters. The van der Waals surface area contributed by atoms with Gasteiger partial charge in [-0.1, -0.05) is 43.3 Å². The predicted octanol–water partition coefficient (Wildman–Crippen LogP) is 4.69. The summed E-state index contributed by atoms with van der Waals surface area (Å²) in [5, 5.41) is 3.37. The van der Waals surface area contributed by atoms with Crippen molar-refractivity contribution in [2.24, 2.45) is 4.99 Å². The highest BCUT2D eigenvalue weighted by molar-refractivity contribution is 6.32. The van der Waals surface area contributed by atoms with Crippen molar-refractivity contribution in [1.82, 2.24) is 9.97 Å². The van der Waals surface area contributed by atoms with Gasteiger partial charge in [0.25, 0.3) is 0 Å². The van der Waals surface area contributed by atoms with Gasteiger partial charge in [-0.15, -0.1) is 0 Å². The summed E-state index contributed by atoms with van der Waals surface area (Å²) < 4.78 is 14.3. The topological polar surface area (TPSA) is 90.1 Å². The second-order valence-corrected chi connectivity index (χ2v) is 7.74. The molecule has 3 aromatic carbocycles. The number of aliphatic imine (C=N–C) groups is 1. The highest BCUT2D eigenvalue weighted by Gasteiger charge is 2.27. The maximum atomic E-state index is 14.3. The molecule has 0 radical (unpaired) electrons.